The van der Waals surface area contributed by atoms with Crippen LogP contribution in [0, 0.1) is 5.92 Å². The Labute approximate surface area is 178 Å². The van der Waals surface area contributed by atoms with Crippen LogP contribution in [0.3, 0.4) is 0 Å². The minimum Gasteiger partial charge on any atom is -0.426 e. The molecule has 1 atom stereocenters. The molecule has 1 aliphatic heterocycles. The van der Waals surface area contributed by atoms with Crippen molar-refractivity contribution in [1.82, 2.24) is 0 Å². The zero-order chi connectivity index (χ0) is 20.4. The SMILES string of the molecule is O=C(Oc1ccc(-c2ccccc2)cc1)[C@H]1CC(=O)N(c2cccc(Cl)c2Cl)C1. The Bertz CT molecular complexity index is 1050. The molecule has 0 N–H and O–H groups in total. The number of hydrogen-bond donors (Lipinski definition) is 0. The Morgan fingerprint density at radius 3 is 2.31 bits per heavy atom. The third kappa shape index (κ3) is 4.14. The average Bonchev–Trinajstić information content (AvgIpc) is 3.13. The predicted octanol–water partition coefficient (Wildman–Crippen LogP) is 5.62. The molecule has 1 fully saturated rings. The Morgan fingerprint density at radius 1 is 0.897 bits per heavy atom. The molecule has 0 radical (unpaired) electrons. The van der Waals surface area contributed by atoms with E-state index in [-0.39, 0.29) is 18.9 Å². The van der Waals surface area contributed by atoms with E-state index in [9.17, 15) is 9.59 Å². The monoisotopic (exact) mass is 425 g/mol. The molecule has 4 nitrogen and oxygen atoms in total. The molecule has 3 aromatic carbocycles. The number of carbonyl (C=O) groups is 2. The highest BCUT2D eigenvalue weighted by atomic mass is 35.5. The van der Waals surface area contributed by atoms with Crippen molar-refractivity contribution < 1.29 is 14.3 Å². The van der Waals surface area contributed by atoms with Crippen LogP contribution >= 0.6 is 23.2 Å². The summed E-state index contributed by atoms with van der Waals surface area (Å²) >= 11 is 12.3. The molecule has 1 heterocycles. The van der Waals surface area contributed by atoms with Gasteiger partial charge >= 0.3 is 5.97 Å². The van der Waals surface area contributed by atoms with Gasteiger partial charge < -0.3 is 9.64 Å². The summed E-state index contributed by atoms with van der Waals surface area (Å²) < 4.78 is 5.50. The maximum atomic E-state index is 12.6. The fourth-order valence-electron chi connectivity index (χ4n) is 3.34. The van der Waals surface area contributed by atoms with Gasteiger partial charge in [-0.25, -0.2) is 0 Å². The lowest BCUT2D eigenvalue weighted by molar-refractivity contribution is -0.139. The average molecular weight is 426 g/mol. The summed E-state index contributed by atoms with van der Waals surface area (Å²) in [5.41, 5.74) is 2.62. The Kier molecular flexibility index (Phi) is 5.56. The van der Waals surface area contributed by atoms with Crippen LogP contribution < -0.4 is 9.64 Å². The highest BCUT2D eigenvalue weighted by Gasteiger charge is 2.37. The molecule has 0 bridgehead atoms. The number of hydrogen-bond acceptors (Lipinski definition) is 3. The van der Waals surface area contributed by atoms with Crippen molar-refractivity contribution >= 4 is 40.8 Å². The lowest BCUT2D eigenvalue weighted by Gasteiger charge is -2.18. The van der Waals surface area contributed by atoms with Crippen molar-refractivity contribution in [2.75, 3.05) is 11.4 Å². The van der Waals surface area contributed by atoms with Crippen molar-refractivity contribution in [2.45, 2.75) is 6.42 Å². The standard InChI is InChI=1S/C23H17Cl2NO3/c24-19-7-4-8-20(22(19)25)26-14-17(13-21(26)27)23(28)29-18-11-9-16(10-12-18)15-5-2-1-3-6-15/h1-12,17H,13-14H2/t17-/m0/s1. The molecule has 6 heteroatoms. The van der Waals surface area contributed by atoms with Crippen molar-refractivity contribution in [1.29, 1.82) is 0 Å². The first-order valence-electron chi connectivity index (χ1n) is 9.14. The van der Waals surface area contributed by atoms with Gasteiger partial charge in [0.1, 0.15) is 5.75 Å². The number of anilines is 1. The zero-order valence-corrected chi connectivity index (χ0v) is 16.9. The molecular weight excluding hydrogens is 409 g/mol. The predicted molar refractivity (Wildman–Crippen MR) is 114 cm³/mol. The molecule has 0 saturated carbocycles. The number of esters is 1. The van der Waals surface area contributed by atoms with Crippen LogP contribution in [-0.2, 0) is 9.59 Å². The van der Waals surface area contributed by atoms with E-state index in [0.717, 1.165) is 11.1 Å². The molecule has 0 spiro atoms. The van der Waals surface area contributed by atoms with E-state index in [2.05, 4.69) is 0 Å². The molecule has 29 heavy (non-hydrogen) atoms. The van der Waals surface area contributed by atoms with Crippen molar-refractivity contribution in [3.05, 3.63) is 82.8 Å². The summed E-state index contributed by atoms with van der Waals surface area (Å²) in [5, 5.41) is 0.662. The van der Waals surface area contributed by atoms with Gasteiger partial charge in [-0.2, -0.15) is 0 Å². The molecule has 146 valence electrons. The summed E-state index contributed by atoms with van der Waals surface area (Å²) in [6.45, 7) is 0.208. The fourth-order valence-corrected chi connectivity index (χ4v) is 3.74. The number of rotatable bonds is 4. The van der Waals surface area contributed by atoms with Crippen molar-refractivity contribution in [2.24, 2.45) is 5.92 Å². The molecule has 1 saturated heterocycles. The molecule has 1 aliphatic rings. The van der Waals surface area contributed by atoms with Crippen LogP contribution in [0.5, 0.6) is 5.75 Å². The van der Waals surface area contributed by atoms with Crippen molar-refractivity contribution in [3.8, 4) is 16.9 Å². The van der Waals surface area contributed by atoms with E-state index in [4.69, 9.17) is 27.9 Å². The number of ether oxygens (including phenoxy) is 1. The molecular formula is C23H17Cl2NO3. The maximum Gasteiger partial charge on any atom is 0.316 e. The van der Waals surface area contributed by atoms with E-state index in [1.807, 2.05) is 42.5 Å². The second kappa shape index (κ2) is 8.27. The third-order valence-electron chi connectivity index (χ3n) is 4.86. The van der Waals surface area contributed by atoms with Gasteiger partial charge in [-0.1, -0.05) is 71.7 Å². The van der Waals surface area contributed by atoms with E-state index in [1.54, 1.807) is 30.3 Å². The van der Waals surface area contributed by atoms with Crippen LogP contribution in [-0.4, -0.2) is 18.4 Å². The number of carbonyl (C=O) groups excluding carboxylic acids is 2. The largest absolute Gasteiger partial charge is 0.426 e. The highest BCUT2D eigenvalue weighted by molar-refractivity contribution is 6.44. The van der Waals surface area contributed by atoms with Gasteiger partial charge in [0.05, 0.1) is 21.7 Å². The van der Waals surface area contributed by atoms with E-state index in [1.165, 1.54) is 4.90 Å². The van der Waals surface area contributed by atoms with Gasteiger partial charge in [-0.15, -0.1) is 0 Å². The van der Waals surface area contributed by atoms with Crippen molar-refractivity contribution in [3.63, 3.8) is 0 Å². The van der Waals surface area contributed by atoms with Gasteiger partial charge in [0, 0.05) is 13.0 Å². The van der Waals surface area contributed by atoms with Crippen LogP contribution in [0.25, 0.3) is 11.1 Å². The van der Waals surface area contributed by atoms with Gasteiger partial charge in [-0.05, 0) is 35.4 Å². The summed E-state index contributed by atoms with van der Waals surface area (Å²) in [7, 11) is 0. The summed E-state index contributed by atoms with van der Waals surface area (Å²) in [4.78, 5) is 26.5. The maximum absolute atomic E-state index is 12.6. The van der Waals surface area contributed by atoms with Gasteiger partial charge in [0.25, 0.3) is 0 Å². The van der Waals surface area contributed by atoms with Crippen LogP contribution in [0.4, 0.5) is 5.69 Å². The fraction of sp³-hybridized carbons (Fsp3) is 0.130. The van der Waals surface area contributed by atoms with E-state index < -0.39 is 11.9 Å². The van der Waals surface area contributed by atoms with Gasteiger partial charge in [0.2, 0.25) is 5.91 Å². The van der Waals surface area contributed by atoms with Crippen LogP contribution in [0.2, 0.25) is 10.0 Å². The topological polar surface area (TPSA) is 46.6 Å². The van der Waals surface area contributed by atoms with Gasteiger partial charge in [-0.3, -0.25) is 9.59 Å². The second-order valence-electron chi connectivity index (χ2n) is 6.79. The first-order chi connectivity index (χ1) is 14.0. The zero-order valence-electron chi connectivity index (χ0n) is 15.3. The molecule has 4 rings (SSSR count). The first kappa shape index (κ1) is 19.5. The Morgan fingerprint density at radius 2 is 1.59 bits per heavy atom. The van der Waals surface area contributed by atoms with Crippen LogP contribution in [0.15, 0.2) is 72.8 Å². The molecule has 0 aliphatic carbocycles. The summed E-state index contributed by atoms with van der Waals surface area (Å²) in [5.74, 6) is -0.741. The normalized spacial score (nSPS) is 16.1. The smallest absolute Gasteiger partial charge is 0.316 e. The third-order valence-corrected chi connectivity index (χ3v) is 5.67. The van der Waals surface area contributed by atoms with Gasteiger partial charge in [0.15, 0.2) is 0 Å². The number of halogens is 2. The first-order valence-corrected chi connectivity index (χ1v) is 9.90. The lowest BCUT2D eigenvalue weighted by atomic mass is 10.1. The summed E-state index contributed by atoms with van der Waals surface area (Å²) in [6, 6.07) is 22.3. The minimum atomic E-state index is -0.564. The minimum absolute atomic E-state index is 0.0732. The van der Waals surface area contributed by atoms with E-state index >= 15 is 0 Å². The molecule has 0 aromatic heterocycles. The number of amides is 1. The van der Waals surface area contributed by atoms with Crippen LogP contribution in [0.1, 0.15) is 6.42 Å². The number of benzene rings is 3. The Balaban J connectivity index is 1.44. The number of nitrogens with zero attached hydrogens (tertiary/aromatic N) is 1. The molecule has 3 aromatic rings. The Hall–Kier alpha value is -2.82. The molecule has 1 amide bonds. The molecule has 0 unspecified atom stereocenters. The quantitative estimate of drug-likeness (QED) is 0.402. The summed E-state index contributed by atoms with van der Waals surface area (Å²) in [6.07, 6.45) is 0.0732. The highest BCUT2D eigenvalue weighted by Crippen LogP contribution is 2.36. The van der Waals surface area contributed by atoms with E-state index in [0.29, 0.717) is 21.5 Å². The lowest BCUT2D eigenvalue weighted by Crippen LogP contribution is -2.27. The second-order valence-corrected chi connectivity index (χ2v) is 7.58.